The fraction of sp³-hybridized carbons (Fsp3) is 0.294. The van der Waals surface area contributed by atoms with Crippen LogP contribution in [0.1, 0.15) is 48.3 Å². The average Bonchev–Trinajstić information content (AvgIpc) is 3.00. The van der Waals surface area contributed by atoms with Crippen molar-refractivity contribution in [1.29, 1.82) is 0 Å². The first-order valence-electron chi connectivity index (χ1n) is 13.9. The molecule has 42 heavy (non-hydrogen) atoms. The molecular weight excluding hydrogens is 534 g/mol. The summed E-state index contributed by atoms with van der Waals surface area (Å²) in [5, 5.41) is 13.7. The van der Waals surface area contributed by atoms with Gasteiger partial charge in [0.05, 0.1) is 33.5 Å². The Bertz CT molecular complexity index is 1560. The van der Waals surface area contributed by atoms with Crippen molar-refractivity contribution in [1.82, 2.24) is 5.32 Å². The molecule has 0 bridgehead atoms. The zero-order valence-electron chi connectivity index (χ0n) is 24.2. The number of esters is 1. The van der Waals surface area contributed by atoms with Crippen molar-refractivity contribution in [3.8, 4) is 23.0 Å². The fourth-order valence-corrected chi connectivity index (χ4v) is 5.84. The number of methoxy groups -OCH3 is 3. The number of nitrogens with one attached hydrogen (secondary N) is 1. The van der Waals surface area contributed by atoms with E-state index in [-0.39, 0.29) is 36.2 Å². The van der Waals surface area contributed by atoms with E-state index < -0.39 is 11.9 Å². The highest BCUT2D eigenvalue weighted by atomic mass is 16.5. The molecule has 2 N–H and O–H groups in total. The molecule has 0 aromatic heterocycles. The summed E-state index contributed by atoms with van der Waals surface area (Å²) in [6, 6.07) is 20.4. The van der Waals surface area contributed by atoms with E-state index in [9.17, 15) is 14.7 Å². The third-order valence-corrected chi connectivity index (χ3v) is 7.93. The van der Waals surface area contributed by atoms with Gasteiger partial charge in [0.2, 0.25) is 0 Å². The van der Waals surface area contributed by atoms with Gasteiger partial charge in [0.15, 0.2) is 28.8 Å². The molecule has 0 saturated carbocycles. The molecule has 2 aliphatic rings. The molecule has 8 heteroatoms. The molecule has 0 amide bonds. The molecule has 0 fully saturated rings. The van der Waals surface area contributed by atoms with Gasteiger partial charge in [0, 0.05) is 35.7 Å². The van der Waals surface area contributed by atoms with Crippen LogP contribution in [0.2, 0.25) is 0 Å². The molecule has 0 spiro atoms. The molecule has 0 radical (unpaired) electrons. The Morgan fingerprint density at radius 1 is 0.881 bits per heavy atom. The van der Waals surface area contributed by atoms with Crippen LogP contribution in [0.4, 0.5) is 0 Å². The van der Waals surface area contributed by atoms with Gasteiger partial charge < -0.3 is 29.4 Å². The van der Waals surface area contributed by atoms with Gasteiger partial charge in [-0.2, -0.15) is 0 Å². The van der Waals surface area contributed by atoms with Crippen LogP contribution in [-0.4, -0.2) is 44.8 Å². The summed E-state index contributed by atoms with van der Waals surface area (Å²) in [7, 11) is 4.63. The minimum absolute atomic E-state index is 0.0273. The predicted octanol–water partition coefficient (Wildman–Crippen LogP) is 5.57. The van der Waals surface area contributed by atoms with Crippen molar-refractivity contribution < 1.29 is 33.6 Å². The number of carbonyl (C=O) groups excluding carboxylic acids is 2. The van der Waals surface area contributed by atoms with Crippen LogP contribution in [-0.2, 0) is 20.7 Å². The van der Waals surface area contributed by atoms with Crippen LogP contribution >= 0.6 is 0 Å². The Kier molecular flexibility index (Phi) is 8.52. The second kappa shape index (κ2) is 12.4. The van der Waals surface area contributed by atoms with Crippen molar-refractivity contribution in [3.05, 3.63) is 106 Å². The van der Waals surface area contributed by atoms with E-state index in [2.05, 4.69) is 5.32 Å². The van der Waals surface area contributed by atoms with Gasteiger partial charge in [-0.25, -0.2) is 4.79 Å². The van der Waals surface area contributed by atoms with E-state index >= 15 is 0 Å². The topological polar surface area (TPSA) is 103 Å². The van der Waals surface area contributed by atoms with Crippen LogP contribution in [0, 0.1) is 0 Å². The Balaban J connectivity index is 1.50. The Labute approximate surface area is 245 Å². The number of ketones is 1. The highest BCUT2D eigenvalue weighted by Crippen LogP contribution is 2.47. The summed E-state index contributed by atoms with van der Waals surface area (Å²) >= 11 is 0. The lowest BCUT2D eigenvalue weighted by molar-refractivity contribution is -0.139. The normalized spacial score (nSPS) is 18.2. The van der Waals surface area contributed by atoms with Crippen LogP contribution in [0.25, 0.3) is 0 Å². The number of allylic oxidation sites excluding steroid dienone is 3. The molecule has 3 aromatic rings. The fourth-order valence-electron chi connectivity index (χ4n) is 5.84. The van der Waals surface area contributed by atoms with Gasteiger partial charge in [-0.1, -0.05) is 42.5 Å². The average molecular weight is 570 g/mol. The maximum atomic E-state index is 14.0. The second-order valence-corrected chi connectivity index (χ2v) is 10.4. The van der Waals surface area contributed by atoms with Gasteiger partial charge >= 0.3 is 5.97 Å². The van der Waals surface area contributed by atoms with Crippen molar-refractivity contribution in [3.63, 3.8) is 0 Å². The quantitative estimate of drug-likeness (QED) is 0.323. The number of rotatable bonds is 9. The van der Waals surface area contributed by atoms with Crippen molar-refractivity contribution in [2.45, 2.75) is 38.0 Å². The molecule has 0 unspecified atom stereocenters. The molecule has 2 atom stereocenters. The zero-order valence-corrected chi connectivity index (χ0v) is 24.2. The number of hydrogen-bond acceptors (Lipinski definition) is 8. The first-order valence-corrected chi connectivity index (χ1v) is 13.9. The van der Waals surface area contributed by atoms with E-state index in [0.29, 0.717) is 46.7 Å². The standard InChI is InChI=1S/C34H35NO7/c1-20-31(34(38)42-15-14-21-8-6-5-7-9-21)32(23-10-12-26(36)29(19-23)40-3)33-25(35-20)16-24(17-27(33)37)22-11-13-28(39-2)30(18-22)41-4/h5-13,18-19,24,32,35-36H,14-17H2,1-4H3/t24-,32+/m0/s1. The molecule has 5 rings (SSSR count). The van der Waals surface area contributed by atoms with E-state index in [1.807, 2.05) is 55.5 Å². The molecule has 1 heterocycles. The lowest BCUT2D eigenvalue weighted by Crippen LogP contribution is -2.36. The Morgan fingerprint density at radius 2 is 1.57 bits per heavy atom. The first-order chi connectivity index (χ1) is 20.3. The van der Waals surface area contributed by atoms with Crippen molar-refractivity contribution >= 4 is 11.8 Å². The molecular formula is C34H35NO7. The molecule has 0 saturated heterocycles. The van der Waals surface area contributed by atoms with Crippen LogP contribution in [0.15, 0.2) is 89.3 Å². The van der Waals surface area contributed by atoms with E-state index in [0.717, 1.165) is 16.8 Å². The maximum Gasteiger partial charge on any atom is 0.336 e. The van der Waals surface area contributed by atoms with Crippen LogP contribution in [0.3, 0.4) is 0 Å². The molecule has 3 aromatic carbocycles. The third kappa shape index (κ3) is 5.70. The van der Waals surface area contributed by atoms with Gasteiger partial charge in [-0.15, -0.1) is 0 Å². The molecule has 218 valence electrons. The third-order valence-electron chi connectivity index (χ3n) is 7.93. The predicted molar refractivity (Wildman–Crippen MR) is 158 cm³/mol. The lowest BCUT2D eigenvalue weighted by Gasteiger charge is -2.37. The Hall–Kier alpha value is -4.72. The van der Waals surface area contributed by atoms with Crippen molar-refractivity contribution in [2.75, 3.05) is 27.9 Å². The number of phenolic OH excluding ortho intramolecular Hbond substituents is 1. The molecule has 1 aliphatic heterocycles. The number of carbonyl (C=O) groups is 2. The maximum absolute atomic E-state index is 14.0. The highest BCUT2D eigenvalue weighted by molar-refractivity contribution is 6.04. The summed E-state index contributed by atoms with van der Waals surface area (Å²) in [4.78, 5) is 27.6. The summed E-state index contributed by atoms with van der Waals surface area (Å²) in [5.74, 6) is 0.121. The molecule has 1 aliphatic carbocycles. The number of hydrogen-bond donors (Lipinski definition) is 2. The van der Waals surface area contributed by atoms with Crippen molar-refractivity contribution in [2.24, 2.45) is 0 Å². The zero-order chi connectivity index (χ0) is 29.8. The van der Waals surface area contributed by atoms with Gasteiger partial charge in [-0.3, -0.25) is 4.79 Å². The largest absolute Gasteiger partial charge is 0.504 e. The minimum Gasteiger partial charge on any atom is -0.504 e. The first kappa shape index (κ1) is 28.8. The number of ether oxygens (including phenoxy) is 4. The van der Waals surface area contributed by atoms with E-state index in [1.165, 1.54) is 13.2 Å². The summed E-state index contributed by atoms with van der Waals surface area (Å²) < 4.78 is 22.0. The number of aromatic hydroxyl groups is 1. The smallest absolute Gasteiger partial charge is 0.336 e. The summed E-state index contributed by atoms with van der Waals surface area (Å²) in [6.45, 7) is 2.03. The number of Topliss-reactive ketones (excluding diaryl/α,β-unsaturated/α-hetero) is 1. The summed E-state index contributed by atoms with van der Waals surface area (Å²) in [6.07, 6.45) is 1.40. The number of benzene rings is 3. The Morgan fingerprint density at radius 3 is 2.29 bits per heavy atom. The number of phenols is 1. The van der Waals surface area contributed by atoms with Gasteiger partial charge in [0.25, 0.3) is 0 Å². The van der Waals surface area contributed by atoms with E-state index in [1.54, 1.807) is 26.4 Å². The van der Waals surface area contributed by atoms with Crippen LogP contribution in [0.5, 0.6) is 23.0 Å². The lowest BCUT2D eigenvalue weighted by atomic mass is 9.71. The SMILES string of the molecule is COc1cc([C@@H]2C(C(=O)OCCc3ccccc3)=C(C)NC3=C2C(=O)C[C@@H](c2ccc(OC)c(OC)c2)C3)ccc1O. The van der Waals surface area contributed by atoms with Crippen LogP contribution < -0.4 is 19.5 Å². The highest BCUT2D eigenvalue weighted by Gasteiger charge is 2.41. The molecule has 8 nitrogen and oxygen atoms in total. The van der Waals surface area contributed by atoms with Gasteiger partial charge in [0.1, 0.15) is 0 Å². The van der Waals surface area contributed by atoms with E-state index in [4.69, 9.17) is 18.9 Å². The monoisotopic (exact) mass is 569 g/mol. The second-order valence-electron chi connectivity index (χ2n) is 10.4. The minimum atomic E-state index is -0.682. The number of dihydropyridines is 1. The van der Waals surface area contributed by atoms with Gasteiger partial charge in [-0.05, 0) is 60.2 Å². The summed E-state index contributed by atoms with van der Waals surface area (Å²) in [5.41, 5.74) is 4.97.